The minimum atomic E-state index is -0.591. The first kappa shape index (κ1) is 13.5. The van der Waals surface area contributed by atoms with Crippen LogP contribution in [0.3, 0.4) is 0 Å². The molecule has 1 atom stereocenters. The van der Waals surface area contributed by atoms with Crippen molar-refractivity contribution in [1.82, 2.24) is 0 Å². The van der Waals surface area contributed by atoms with Crippen LogP contribution in [0.2, 0.25) is 0 Å². The van der Waals surface area contributed by atoms with Gasteiger partial charge in [-0.05, 0) is 25.0 Å². The molecule has 0 spiro atoms. The Morgan fingerprint density at radius 3 is 2.56 bits per heavy atom. The molecule has 1 N–H and O–H groups in total. The van der Waals surface area contributed by atoms with Crippen molar-refractivity contribution >= 4 is 0 Å². The second-order valence-electron chi connectivity index (χ2n) is 5.14. The van der Waals surface area contributed by atoms with E-state index in [0.717, 1.165) is 29.5 Å². The van der Waals surface area contributed by atoms with Gasteiger partial charge in [0.05, 0.1) is 0 Å². The van der Waals surface area contributed by atoms with Crippen molar-refractivity contribution in [2.45, 2.75) is 38.4 Å². The van der Waals surface area contributed by atoms with Crippen LogP contribution in [0.1, 0.15) is 35.6 Å². The van der Waals surface area contributed by atoms with Gasteiger partial charge in [-0.15, -0.1) is 0 Å². The Kier molecular flexibility index (Phi) is 4.05. The Labute approximate surface area is 109 Å². The van der Waals surface area contributed by atoms with Crippen LogP contribution in [0.5, 0.6) is 0 Å². The number of rotatable bonds is 3. The average molecular weight is 250 g/mol. The first-order chi connectivity index (χ1) is 8.59. The van der Waals surface area contributed by atoms with Crippen LogP contribution in [-0.2, 0) is 9.47 Å². The summed E-state index contributed by atoms with van der Waals surface area (Å²) in [7, 11) is 1.68. The Hall–Kier alpha value is -0.900. The van der Waals surface area contributed by atoms with E-state index in [1.807, 2.05) is 13.8 Å². The summed E-state index contributed by atoms with van der Waals surface area (Å²) in [5, 5.41) is 10.7. The molecule has 0 amide bonds. The minimum Gasteiger partial charge on any atom is -0.385 e. The third-order valence-electron chi connectivity index (χ3n) is 3.97. The summed E-state index contributed by atoms with van der Waals surface area (Å²) in [4.78, 5) is 0. The van der Waals surface area contributed by atoms with Crippen molar-refractivity contribution in [3.63, 3.8) is 0 Å². The van der Waals surface area contributed by atoms with E-state index in [9.17, 15) is 5.11 Å². The van der Waals surface area contributed by atoms with Gasteiger partial charge in [0, 0.05) is 33.2 Å². The fourth-order valence-corrected chi connectivity index (χ4v) is 2.64. The van der Waals surface area contributed by atoms with Gasteiger partial charge in [-0.3, -0.25) is 0 Å². The normalized spacial score (nSPS) is 20.7. The van der Waals surface area contributed by atoms with E-state index < -0.39 is 11.7 Å². The van der Waals surface area contributed by atoms with Gasteiger partial charge < -0.3 is 14.6 Å². The van der Waals surface area contributed by atoms with Crippen LogP contribution in [0, 0.1) is 13.8 Å². The quantitative estimate of drug-likeness (QED) is 0.896. The van der Waals surface area contributed by atoms with Crippen molar-refractivity contribution in [2.75, 3.05) is 20.3 Å². The molecule has 1 unspecified atom stereocenters. The lowest BCUT2D eigenvalue weighted by Gasteiger charge is -2.40. The average Bonchev–Trinajstić information content (AvgIpc) is 2.41. The zero-order valence-corrected chi connectivity index (χ0v) is 11.4. The van der Waals surface area contributed by atoms with E-state index >= 15 is 0 Å². The summed E-state index contributed by atoms with van der Waals surface area (Å²) in [5.41, 5.74) is 2.74. The van der Waals surface area contributed by atoms with Gasteiger partial charge in [0.15, 0.2) is 0 Å². The standard InChI is InChI=1S/C15H22O3/c1-11-4-5-12(2)13(10-11)14(16)15(17-3)6-8-18-9-7-15/h4-5,10,14,16H,6-9H2,1-3H3. The number of ether oxygens (including phenoxy) is 2. The molecular formula is C15H22O3. The van der Waals surface area contributed by atoms with Crippen molar-refractivity contribution in [2.24, 2.45) is 0 Å². The van der Waals surface area contributed by atoms with Crippen molar-refractivity contribution < 1.29 is 14.6 Å². The predicted octanol–water partition coefficient (Wildman–Crippen LogP) is 2.53. The number of aryl methyl sites for hydroxylation is 2. The molecule has 3 heteroatoms. The van der Waals surface area contributed by atoms with Gasteiger partial charge in [-0.1, -0.05) is 23.8 Å². The van der Waals surface area contributed by atoms with Gasteiger partial charge in [0.25, 0.3) is 0 Å². The van der Waals surface area contributed by atoms with Crippen molar-refractivity contribution in [3.05, 3.63) is 34.9 Å². The van der Waals surface area contributed by atoms with Gasteiger partial charge in [-0.25, -0.2) is 0 Å². The van der Waals surface area contributed by atoms with Crippen LogP contribution in [0.25, 0.3) is 0 Å². The lowest BCUT2D eigenvalue weighted by atomic mass is 9.82. The molecule has 0 bridgehead atoms. The van der Waals surface area contributed by atoms with E-state index in [4.69, 9.17) is 9.47 Å². The highest BCUT2D eigenvalue weighted by atomic mass is 16.5. The highest BCUT2D eigenvalue weighted by Gasteiger charge is 2.41. The molecule has 2 rings (SSSR count). The molecule has 0 aliphatic carbocycles. The molecule has 1 aromatic rings. The third kappa shape index (κ3) is 2.44. The Morgan fingerprint density at radius 2 is 1.94 bits per heavy atom. The maximum Gasteiger partial charge on any atom is 0.108 e. The molecule has 0 aromatic heterocycles. The van der Waals surface area contributed by atoms with E-state index in [0.29, 0.717) is 13.2 Å². The summed E-state index contributed by atoms with van der Waals surface area (Å²) < 4.78 is 11.0. The Morgan fingerprint density at radius 1 is 1.28 bits per heavy atom. The predicted molar refractivity (Wildman–Crippen MR) is 70.7 cm³/mol. The number of hydrogen-bond donors (Lipinski definition) is 1. The van der Waals surface area contributed by atoms with E-state index in [2.05, 4.69) is 18.2 Å². The molecule has 100 valence electrons. The van der Waals surface area contributed by atoms with Crippen molar-refractivity contribution in [3.8, 4) is 0 Å². The maximum absolute atomic E-state index is 10.7. The maximum atomic E-state index is 10.7. The summed E-state index contributed by atoms with van der Waals surface area (Å²) in [6.45, 7) is 5.37. The van der Waals surface area contributed by atoms with E-state index in [1.165, 1.54) is 0 Å². The zero-order valence-electron chi connectivity index (χ0n) is 11.4. The molecule has 3 nitrogen and oxygen atoms in total. The molecule has 0 radical (unpaired) electrons. The fraction of sp³-hybridized carbons (Fsp3) is 0.600. The zero-order chi connectivity index (χ0) is 13.2. The number of aliphatic hydroxyl groups excluding tert-OH is 1. The molecule has 1 aliphatic heterocycles. The van der Waals surface area contributed by atoms with Gasteiger partial charge in [-0.2, -0.15) is 0 Å². The highest BCUT2D eigenvalue weighted by molar-refractivity contribution is 5.33. The molecular weight excluding hydrogens is 228 g/mol. The van der Waals surface area contributed by atoms with Gasteiger partial charge in [0.2, 0.25) is 0 Å². The lowest BCUT2D eigenvalue weighted by Crippen LogP contribution is -2.44. The molecule has 0 saturated carbocycles. The topological polar surface area (TPSA) is 38.7 Å². The highest BCUT2D eigenvalue weighted by Crippen LogP contribution is 2.38. The Balaban J connectivity index is 2.33. The molecule has 1 fully saturated rings. The largest absolute Gasteiger partial charge is 0.385 e. The minimum absolute atomic E-state index is 0.503. The number of methoxy groups -OCH3 is 1. The fourth-order valence-electron chi connectivity index (χ4n) is 2.64. The first-order valence-corrected chi connectivity index (χ1v) is 6.47. The summed E-state index contributed by atoms with van der Waals surface area (Å²) in [5.74, 6) is 0. The monoisotopic (exact) mass is 250 g/mol. The second kappa shape index (κ2) is 5.39. The van der Waals surface area contributed by atoms with Crippen LogP contribution in [0.15, 0.2) is 18.2 Å². The van der Waals surface area contributed by atoms with Crippen LogP contribution in [0.4, 0.5) is 0 Å². The van der Waals surface area contributed by atoms with Crippen molar-refractivity contribution in [1.29, 1.82) is 0 Å². The molecule has 1 aromatic carbocycles. The van der Waals surface area contributed by atoms with Crippen LogP contribution in [-0.4, -0.2) is 31.0 Å². The number of hydrogen-bond acceptors (Lipinski definition) is 3. The van der Waals surface area contributed by atoms with Gasteiger partial charge in [0.1, 0.15) is 11.7 Å². The van der Waals surface area contributed by atoms with Gasteiger partial charge >= 0.3 is 0 Å². The Bertz CT molecular complexity index is 408. The summed E-state index contributed by atoms with van der Waals surface area (Å²) in [6, 6.07) is 6.17. The van der Waals surface area contributed by atoms with E-state index in [1.54, 1.807) is 7.11 Å². The molecule has 18 heavy (non-hydrogen) atoms. The SMILES string of the molecule is COC1(C(O)c2cc(C)ccc2C)CCOCC1. The molecule has 1 aliphatic rings. The lowest BCUT2D eigenvalue weighted by molar-refractivity contribution is -0.154. The molecule has 1 saturated heterocycles. The second-order valence-corrected chi connectivity index (χ2v) is 5.14. The first-order valence-electron chi connectivity index (χ1n) is 6.47. The third-order valence-corrected chi connectivity index (χ3v) is 3.97. The molecule has 1 heterocycles. The number of benzene rings is 1. The van der Waals surface area contributed by atoms with E-state index in [-0.39, 0.29) is 0 Å². The van der Waals surface area contributed by atoms with Crippen LogP contribution >= 0.6 is 0 Å². The smallest absolute Gasteiger partial charge is 0.108 e. The summed E-state index contributed by atoms with van der Waals surface area (Å²) >= 11 is 0. The number of aliphatic hydroxyl groups is 1. The summed E-state index contributed by atoms with van der Waals surface area (Å²) in [6.07, 6.45) is 0.877. The van der Waals surface area contributed by atoms with Crippen LogP contribution < -0.4 is 0 Å².